The van der Waals surface area contributed by atoms with Crippen molar-refractivity contribution in [1.29, 1.82) is 0 Å². The van der Waals surface area contributed by atoms with Gasteiger partial charge in [0, 0.05) is 37.3 Å². The average molecular weight is 490 g/mol. The second-order valence-electron chi connectivity index (χ2n) is 7.79. The molecule has 1 aliphatic rings. The van der Waals surface area contributed by atoms with Gasteiger partial charge in [0.15, 0.2) is 5.16 Å². The molecule has 1 aromatic heterocycles. The van der Waals surface area contributed by atoms with E-state index in [2.05, 4.69) is 15.1 Å². The summed E-state index contributed by atoms with van der Waals surface area (Å²) in [6, 6.07) is 12.6. The number of morpholine rings is 1. The van der Waals surface area contributed by atoms with Gasteiger partial charge in [-0.3, -0.25) is 9.36 Å². The maximum atomic E-state index is 14.1. The molecule has 1 amide bonds. The number of ether oxygens (including phenoxy) is 1. The molecule has 0 radical (unpaired) electrons. The van der Waals surface area contributed by atoms with Crippen LogP contribution in [0.3, 0.4) is 0 Å². The number of carbonyl (C=O) groups is 1. The second-order valence-corrected chi connectivity index (χ2v) is 9.14. The molecule has 0 atom stereocenters. The van der Waals surface area contributed by atoms with Gasteiger partial charge in [-0.2, -0.15) is 0 Å². The zero-order valence-electron chi connectivity index (χ0n) is 18.5. The first-order valence-electron chi connectivity index (χ1n) is 10.6. The van der Waals surface area contributed by atoms with Gasteiger partial charge in [-0.15, -0.1) is 10.2 Å². The lowest BCUT2D eigenvalue weighted by atomic mass is 10.2. The number of rotatable bonds is 7. The first kappa shape index (κ1) is 23.5. The molecule has 10 heteroatoms. The third-order valence-corrected chi connectivity index (χ3v) is 6.68. The van der Waals surface area contributed by atoms with Gasteiger partial charge in [0.25, 0.3) is 0 Å². The molecular formula is C23H25ClFN5O2S. The number of aryl methyl sites for hydroxylation is 1. The Morgan fingerprint density at radius 2 is 1.91 bits per heavy atom. The maximum Gasteiger partial charge on any atom is 0.233 e. The minimum absolute atomic E-state index is 0.0918. The summed E-state index contributed by atoms with van der Waals surface area (Å²) in [4.78, 5) is 16.4. The predicted octanol–water partition coefficient (Wildman–Crippen LogP) is 3.96. The Morgan fingerprint density at radius 3 is 2.61 bits per heavy atom. The number of hydrogen-bond donors (Lipinski definition) is 0. The van der Waals surface area contributed by atoms with Crippen LogP contribution >= 0.6 is 23.4 Å². The zero-order valence-corrected chi connectivity index (χ0v) is 20.1. The van der Waals surface area contributed by atoms with Gasteiger partial charge in [0.1, 0.15) is 5.82 Å². The van der Waals surface area contributed by atoms with E-state index in [0.29, 0.717) is 29.0 Å². The van der Waals surface area contributed by atoms with Crippen molar-refractivity contribution < 1.29 is 13.9 Å². The summed E-state index contributed by atoms with van der Waals surface area (Å²) in [6.45, 7) is 4.83. The minimum Gasteiger partial charge on any atom is -0.378 e. The monoisotopic (exact) mass is 489 g/mol. The van der Waals surface area contributed by atoms with Crippen LogP contribution in [0, 0.1) is 12.7 Å². The number of hydrogen-bond acceptors (Lipinski definition) is 6. The quantitative estimate of drug-likeness (QED) is 0.468. The summed E-state index contributed by atoms with van der Waals surface area (Å²) in [6.07, 6.45) is 0. The van der Waals surface area contributed by atoms with E-state index in [1.807, 2.05) is 35.8 Å². The van der Waals surface area contributed by atoms with Gasteiger partial charge >= 0.3 is 0 Å². The Morgan fingerprint density at radius 1 is 1.18 bits per heavy atom. The van der Waals surface area contributed by atoms with E-state index in [1.165, 1.54) is 22.7 Å². The van der Waals surface area contributed by atoms with Gasteiger partial charge in [-0.05, 0) is 31.2 Å². The van der Waals surface area contributed by atoms with E-state index in [-0.39, 0.29) is 18.2 Å². The molecule has 0 unspecified atom stereocenters. The fourth-order valence-corrected chi connectivity index (χ4v) is 4.60. The molecule has 0 bridgehead atoms. The number of aromatic nitrogens is 3. The van der Waals surface area contributed by atoms with Crippen LogP contribution in [-0.2, 0) is 16.1 Å². The Balaban J connectivity index is 1.52. The highest BCUT2D eigenvalue weighted by molar-refractivity contribution is 7.99. The number of carbonyl (C=O) groups excluding carboxylic acids is 1. The first-order valence-corrected chi connectivity index (χ1v) is 11.9. The molecule has 2 heterocycles. The number of halogens is 2. The molecule has 33 heavy (non-hydrogen) atoms. The van der Waals surface area contributed by atoms with Crippen LogP contribution in [0.25, 0.3) is 5.69 Å². The van der Waals surface area contributed by atoms with Crippen LogP contribution < -0.4 is 4.90 Å². The lowest BCUT2D eigenvalue weighted by Gasteiger charge is -2.28. The highest BCUT2D eigenvalue weighted by atomic mass is 35.5. The standard InChI is InChI=1S/C23H25ClFN5O2S/c1-16-6-8-17(9-7-16)30-22(29-10-12-32-13-11-29)26-27-23(30)33-15-21(31)28(2)14-18-19(24)4-3-5-20(18)25/h3-9H,10-15H2,1-2H3. The molecule has 0 saturated carbocycles. The van der Waals surface area contributed by atoms with E-state index >= 15 is 0 Å². The number of anilines is 1. The molecule has 3 aromatic rings. The zero-order chi connectivity index (χ0) is 23.4. The molecule has 4 rings (SSSR count). The van der Waals surface area contributed by atoms with E-state index in [0.717, 1.165) is 30.3 Å². The van der Waals surface area contributed by atoms with Crippen molar-refractivity contribution >= 4 is 35.2 Å². The molecule has 1 aliphatic heterocycles. The summed E-state index contributed by atoms with van der Waals surface area (Å²) < 4.78 is 21.5. The number of amides is 1. The summed E-state index contributed by atoms with van der Waals surface area (Å²) >= 11 is 7.41. The highest BCUT2D eigenvalue weighted by Crippen LogP contribution is 2.28. The van der Waals surface area contributed by atoms with Crippen molar-refractivity contribution in [2.75, 3.05) is 44.0 Å². The topological polar surface area (TPSA) is 63.5 Å². The highest BCUT2D eigenvalue weighted by Gasteiger charge is 2.23. The fraction of sp³-hybridized carbons (Fsp3) is 0.348. The van der Waals surface area contributed by atoms with Crippen molar-refractivity contribution in [2.45, 2.75) is 18.6 Å². The van der Waals surface area contributed by atoms with Crippen LogP contribution in [0.2, 0.25) is 5.02 Å². The molecule has 2 aromatic carbocycles. The molecule has 1 fully saturated rings. The molecule has 1 saturated heterocycles. The van der Waals surface area contributed by atoms with Gasteiger partial charge in [-0.25, -0.2) is 4.39 Å². The summed E-state index contributed by atoms with van der Waals surface area (Å²) in [5.41, 5.74) is 2.38. The van der Waals surface area contributed by atoms with Gasteiger partial charge in [0.2, 0.25) is 11.9 Å². The average Bonchev–Trinajstić information content (AvgIpc) is 3.25. The summed E-state index contributed by atoms with van der Waals surface area (Å²) in [5.74, 6) is 0.272. The first-order chi connectivity index (χ1) is 15.9. The van der Waals surface area contributed by atoms with Crippen LogP contribution in [0.4, 0.5) is 10.3 Å². The Hall–Kier alpha value is -2.62. The van der Waals surface area contributed by atoms with E-state index in [4.69, 9.17) is 16.3 Å². The van der Waals surface area contributed by atoms with Gasteiger partial charge in [0.05, 0.1) is 24.7 Å². The van der Waals surface area contributed by atoms with Crippen LogP contribution in [-0.4, -0.2) is 64.7 Å². The lowest BCUT2D eigenvalue weighted by Crippen LogP contribution is -2.37. The van der Waals surface area contributed by atoms with E-state index in [9.17, 15) is 9.18 Å². The molecule has 0 spiro atoms. The fourth-order valence-electron chi connectivity index (χ4n) is 3.49. The summed E-state index contributed by atoms with van der Waals surface area (Å²) in [7, 11) is 1.63. The minimum atomic E-state index is -0.427. The van der Waals surface area contributed by atoms with Crippen molar-refractivity contribution in [1.82, 2.24) is 19.7 Å². The van der Waals surface area contributed by atoms with Crippen molar-refractivity contribution in [2.24, 2.45) is 0 Å². The van der Waals surface area contributed by atoms with Crippen molar-refractivity contribution in [3.8, 4) is 5.69 Å². The van der Waals surface area contributed by atoms with Gasteiger partial charge < -0.3 is 14.5 Å². The van der Waals surface area contributed by atoms with Crippen molar-refractivity contribution in [3.63, 3.8) is 0 Å². The number of nitrogens with zero attached hydrogens (tertiary/aromatic N) is 5. The largest absolute Gasteiger partial charge is 0.378 e. The number of benzene rings is 2. The van der Waals surface area contributed by atoms with E-state index < -0.39 is 5.82 Å². The Kier molecular flexibility index (Phi) is 7.52. The third-order valence-electron chi connectivity index (χ3n) is 5.41. The maximum absolute atomic E-state index is 14.1. The third kappa shape index (κ3) is 5.48. The lowest BCUT2D eigenvalue weighted by molar-refractivity contribution is -0.127. The number of thioether (sulfide) groups is 1. The van der Waals surface area contributed by atoms with E-state index in [1.54, 1.807) is 19.2 Å². The molecule has 0 aliphatic carbocycles. The van der Waals surface area contributed by atoms with Crippen LogP contribution in [0.15, 0.2) is 47.6 Å². The Labute approximate surface area is 201 Å². The molecular weight excluding hydrogens is 465 g/mol. The normalized spacial score (nSPS) is 13.9. The molecule has 7 nitrogen and oxygen atoms in total. The Bertz CT molecular complexity index is 1100. The van der Waals surface area contributed by atoms with Crippen LogP contribution in [0.5, 0.6) is 0 Å². The second kappa shape index (κ2) is 10.5. The molecule has 174 valence electrons. The smallest absolute Gasteiger partial charge is 0.233 e. The summed E-state index contributed by atoms with van der Waals surface area (Å²) in [5, 5.41) is 9.72. The van der Waals surface area contributed by atoms with Gasteiger partial charge in [-0.1, -0.05) is 47.1 Å². The molecule has 0 N–H and O–H groups in total. The van der Waals surface area contributed by atoms with Crippen LogP contribution in [0.1, 0.15) is 11.1 Å². The van der Waals surface area contributed by atoms with Crippen molar-refractivity contribution in [3.05, 3.63) is 64.4 Å². The SMILES string of the molecule is Cc1ccc(-n2c(SCC(=O)N(C)Cc3c(F)cccc3Cl)nnc2N2CCOCC2)cc1. The predicted molar refractivity (Wildman–Crippen MR) is 128 cm³/mol.